The molecule has 0 fully saturated rings. The van der Waals surface area contributed by atoms with Gasteiger partial charge in [0.15, 0.2) is 0 Å². The summed E-state index contributed by atoms with van der Waals surface area (Å²) in [5, 5.41) is 5.12. The molecule has 13 rings (SSSR count). The Morgan fingerprint density at radius 3 is 1.05 bits per heavy atom. The minimum absolute atomic E-state index is 0.0771. The molecule has 0 saturated carbocycles. The molecule has 3 aliphatic rings. The second-order valence-electron chi connectivity index (χ2n) is 20.4. The molecule has 0 atom stereocenters. The Morgan fingerprint density at radius 1 is 0.215 bits per heavy atom. The van der Waals surface area contributed by atoms with Gasteiger partial charge in [0.25, 0.3) is 0 Å². The van der Waals surface area contributed by atoms with Crippen LogP contribution in [0, 0.1) is 0 Å². The third kappa shape index (κ3) is 5.32. The van der Waals surface area contributed by atoms with E-state index in [0.29, 0.717) is 0 Å². The molecule has 0 unspecified atom stereocenters. The molecule has 10 aromatic carbocycles. The highest BCUT2D eigenvalue weighted by atomic mass is 14.4. The maximum absolute atomic E-state index is 2.52. The molecule has 0 bridgehead atoms. The SMILES string of the molecule is CC1(C)c2ccccc2-c2ccc(-c3ccc4c(-c5ccc6c(c5)C(C)(C)c5cc(-c7ccccc7)ccc5-6)c5ccccc5c(-c5ccc6c(c5)C(C)(C)c5ccccc5-6)c4c3)cc21. The molecule has 0 spiro atoms. The van der Waals surface area contributed by atoms with E-state index in [1.165, 1.54) is 133 Å². The minimum atomic E-state index is -0.167. The van der Waals surface area contributed by atoms with Crippen LogP contribution in [0.2, 0.25) is 0 Å². The van der Waals surface area contributed by atoms with Gasteiger partial charge in [-0.15, -0.1) is 0 Å². The minimum Gasteiger partial charge on any atom is -0.0622 e. The van der Waals surface area contributed by atoms with E-state index in [1.807, 2.05) is 0 Å². The molecule has 65 heavy (non-hydrogen) atoms. The van der Waals surface area contributed by atoms with Gasteiger partial charge in [-0.2, -0.15) is 0 Å². The molecular formula is C65H50. The van der Waals surface area contributed by atoms with Crippen molar-refractivity contribution in [2.24, 2.45) is 0 Å². The molecule has 0 aromatic heterocycles. The van der Waals surface area contributed by atoms with Crippen LogP contribution in [0.25, 0.3) is 99.4 Å². The van der Waals surface area contributed by atoms with Crippen molar-refractivity contribution in [3.8, 4) is 77.9 Å². The topological polar surface area (TPSA) is 0 Å². The van der Waals surface area contributed by atoms with Crippen LogP contribution in [-0.2, 0) is 16.2 Å². The zero-order valence-corrected chi connectivity index (χ0v) is 38.0. The molecule has 0 aliphatic heterocycles. The highest BCUT2D eigenvalue weighted by Crippen LogP contribution is 2.55. The molecule has 0 heterocycles. The Morgan fingerprint density at radius 2 is 0.538 bits per heavy atom. The van der Waals surface area contributed by atoms with Gasteiger partial charge in [0.05, 0.1) is 0 Å². The molecule has 0 N–H and O–H groups in total. The molecule has 0 amide bonds. The summed E-state index contributed by atoms with van der Waals surface area (Å²) in [6, 6.07) is 74.0. The lowest BCUT2D eigenvalue weighted by Crippen LogP contribution is -2.15. The summed E-state index contributed by atoms with van der Waals surface area (Å²) >= 11 is 0. The van der Waals surface area contributed by atoms with Crippen molar-refractivity contribution in [2.75, 3.05) is 0 Å². The first-order chi connectivity index (χ1) is 31.5. The van der Waals surface area contributed by atoms with Crippen molar-refractivity contribution in [3.05, 3.63) is 228 Å². The van der Waals surface area contributed by atoms with E-state index in [-0.39, 0.29) is 16.2 Å². The summed E-state index contributed by atoms with van der Waals surface area (Å²) in [4.78, 5) is 0. The van der Waals surface area contributed by atoms with Gasteiger partial charge >= 0.3 is 0 Å². The molecular weight excluding hydrogens is 781 g/mol. The summed E-state index contributed by atoms with van der Waals surface area (Å²) < 4.78 is 0. The first-order valence-electron chi connectivity index (χ1n) is 23.3. The third-order valence-corrected chi connectivity index (χ3v) is 15.9. The zero-order chi connectivity index (χ0) is 44.0. The summed E-state index contributed by atoms with van der Waals surface area (Å²) in [6.45, 7) is 14.4. The van der Waals surface area contributed by atoms with Crippen molar-refractivity contribution < 1.29 is 0 Å². The predicted molar refractivity (Wildman–Crippen MR) is 276 cm³/mol. The zero-order valence-electron chi connectivity index (χ0n) is 38.0. The Labute approximate surface area is 382 Å². The molecule has 3 aliphatic carbocycles. The lowest BCUT2D eigenvalue weighted by atomic mass is 9.79. The van der Waals surface area contributed by atoms with E-state index in [0.717, 1.165) is 0 Å². The number of hydrogen-bond donors (Lipinski definition) is 0. The van der Waals surface area contributed by atoms with Crippen molar-refractivity contribution in [1.29, 1.82) is 0 Å². The lowest BCUT2D eigenvalue weighted by molar-refractivity contribution is 0.660. The van der Waals surface area contributed by atoms with Crippen LogP contribution in [-0.4, -0.2) is 0 Å². The molecule has 310 valence electrons. The summed E-state index contributed by atoms with van der Waals surface area (Å²) in [7, 11) is 0. The van der Waals surface area contributed by atoms with Gasteiger partial charge in [0.1, 0.15) is 0 Å². The van der Waals surface area contributed by atoms with Crippen LogP contribution in [0.15, 0.2) is 194 Å². The number of fused-ring (bicyclic) bond motifs is 11. The molecule has 0 radical (unpaired) electrons. The Hall–Kier alpha value is -7.28. The Kier molecular flexibility index (Phi) is 7.86. The van der Waals surface area contributed by atoms with E-state index in [9.17, 15) is 0 Å². The van der Waals surface area contributed by atoms with Crippen molar-refractivity contribution in [1.82, 2.24) is 0 Å². The Balaban J connectivity index is 1.04. The average molecular weight is 831 g/mol. The van der Waals surface area contributed by atoms with Crippen LogP contribution in [0.4, 0.5) is 0 Å². The fourth-order valence-electron chi connectivity index (χ4n) is 12.4. The fourth-order valence-corrected chi connectivity index (χ4v) is 12.4. The fraction of sp³-hybridized carbons (Fsp3) is 0.138. The van der Waals surface area contributed by atoms with Gasteiger partial charge in [-0.05, 0) is 163 Å². The predicted octanol–water partition coefficient (Wildman–Crippen LogP) is 17.6. The third-order valence-electron chi connectivity index (χ3n) is 15.9. The van der Waals surface area contributed by atoms with Crippen molar-refractivity contribution in [2.45, 2.75) is 57.8 Å². The van der Waals surface area contributed by atoms with Gasteiger partial charge < -0.3 is 0 Å². The van der Waals surface area contributed by atoms with E-state index in [1.54, 1.807) is 0 Å². The molecule has 0 nitrogen and oxygen atoms in total. The first kappa shape index (κ1) is 38.2. The smallest absolute Gasteiger partial charge is 0.0159 e. The second-order valence-corrected chi connectivity index (χ2v) is 20.4. The van der Waals surface area contributed by atoms with E-state index >= 15 is 0 Å². The Bertz CT molecular complexity index is 3670. The van der Waals surface area contributed by atoms with E-state index in [2.05, 4.69) is 236 Å². The van der Waals surface area contributed by atoms with Crippen molar-refractivity contribution >= 4 is 21.5 Å². The van der Waals surface area contributed by atoms with Gasteiger partial charge in [-0.3, -0.25) is 0 Å². The maximum atomic E-state index is 2.52. The quantitative estimate of drug-likeness (QED) is 0.155. The maximum Gasteiger partial charge on any atom is 0.0159 e. The van der Waals surface area contributed by atoms with Crippen LogP contribution in [0.5, 0.6) is 0 Å². The van der Waals surface area contributed by atoms with Gasteiger partial charge in [-0.25, -0.2) is 0 Å². The van der Waals surface area contributed by atoms with E-state index in [4.69, 9.17) is 0 Å². The largest absolute Gasteiger partial charge is 0.0622 e. The molecule has 0 saturated heterocycles. The van der Waals surface area contributed by atoms with E-state index < -0.39 is 0 Å². The molecule has 10 aromatic rings. The summed E-state index contributed by atoms with van der Waals surface area (Å²) in [5.74, 6) is 0. The van der Waals surface area contributed by atoms with Crippen LogP contribution in [0.3, 0.4) is 0 Å². The van der Waals surface area contributed by atoms with Crippen LogP contribution in [0.1, 0.15) is 74.9 Å². The summed E-state index contributed by atoms with van der Waals surface area (Å²) in [5.41, 5.74) is 26.2. The van der Waals surface area contributed by atoms with Gasteiger partial charge in [0, 0.05) is 16.2 Å². The first-order valence-corrected chi connectivity index (χ1v) is 23.3. The number of rotatable bonds is 4. The average Bonchev–Trinajstić information content (AvgIpc) is 3.82. The normalized spacial score (nSPS) is 15.3. The van der Waals surface area contributed by atoms with Gasteiger partial charge in [-0.1, -0.05) is 205 Å². The second kappa shape index (κ2) is 13.4. The van der Waals surface area contributed by atoms with Gasteiger partial charge in [0.2, 0.25) is 0 Å². The van der Waals surface area contributed by atoms with Crippen molar-refractivity contribution in [3.63, 3.8) is 0 Å². The number of hydrogen-bond acceptors (Lipinski definition) is 0. The summed E-state index contributed by atoms with van der Waals surface area (Å²) in [6.07, 6.45) is 0. The number of benzene rings is 10. The molecule has 0 heteroatoms. The standard InChI is InChI=1S/C65H50/c1-63(2)55-22-14-12-18-45(55)47-30-25-42(36-57(47)63)40-26-33-53-54(34-40)62(44-28-31-48-46-19-13-15-23-56(46)64(3,4)59(48)38-44)52-21-11-10-20-51(52)61(53)43-27-32-50-49-29-24-41(39-16-8-7-9-17-39)35-58(49)65(5,6)60(50)37-43/h7-38H,1-6H3. The lowest BCUT2D eigenvalue weighted by Gasteiger charge is -2.24. The highest BCUT2D eigenvalue weighted by molar-refractivity contribution is 6.22. The van der Waals surface area contributed by atoms with Crippen LogP contribution < -0.4 is 0 Å². The highest BCUT2D eigenvalue weighted by Gasteiger charge is 2.38. The van der Waals surface area contributed by atoms with Crippen LogP contribution >= 0.6 is 0 Å². The monoisotopic (exact) mass is 830 g/mol.